The van der Waals surface area contributed by atoms with E-state index in [2.05, 4.69) is 22.0 Å². The molecule has 0 saturated heterocycles. The van der Waals surface area contributed by atoms with Gasteiger partial charge < -0.3 is 19.6 Å². The zero-order valence-electron chi connectivity index (χ0n) is 15.6. The second-order valence-corrected chi connectivity index (χ2v) is 7.79. The number of imidazole rings is 1. The molecule has 3 aliphatic heterocycles. The highest BCUT2D eigenvalue weighted by Gasteiger charge is 2.41. The molecular weight excluding hydrogens is 362 g/mol. The second kappa shape index (κ2) is 6.30. The van der Waals surface area contributed by atoms with Crippen molar-refractivity contribution in [1.29, 1.82) is 0 Å². The van der Waals surface area contributed by atoms with E-state index in [1.165, 1.54) is 11.8 Å². The monoisotopic (exact) mass is 383 g/mol. The van der Waals surface area contributed by atoms with E-state index in [-0.39, 0.29) is 5.82 Å². The van der Waals surface area contributed by atoms with Crippen LogP contribution < -0.4 is 4.74 Å². The zero-order chi connectivity index (χ0) is 19.3. The Hall–Kier alpha value is -2.94. The van der Waals surface area contributed by atoms with Gasteiger partial charge in [-0.25, -0.2) is 4.98 Å². The lowest BCUT2D eigenvalue weighted by Crippen LogP contribution is -2.46. The lowest BCUT2D eigenvalue weighted by atomic mass is 10.0. The predicted octanol–water partition coefficient (Wildman–Crippen LogP) is 2.16. The maximum atomic E-state index is 10.9. The minimum atomic E-state index is -0.499. The first-order valence-corrected chi connectivity index (χ1v) is 9.44. The Labute approximate surface area is 161 Å². The standard InChI is InChI=1S/C19H21N5O4/c1-19(12-23-10-17(24(25)26)21-18(23)28-19)11-22-7-6-14-13(9-22)4-5-15(20-14)16-3-2-8-27-16/h3-5,10H,2,6-9,11-12H2,1H3/t19-/m0/s1. The van der Waals surface area contributed by atoms with E-state index >= 15 is 0 Å². The highest BCUT2D eigenvalue weighted by atomic mass is 16.6. The number of hydrogen-bond donors (Lipinski definition) is 0. The van der Waals surface area contributed by atoms with Crippen LogP contribution in [0.3, 0.4) is 0 Å². The van der Waals surface area contributed by atoms with Crippen molar-refractivity contribution in [3.8, 4) is 6.01 Å². The van der Waals surface area contributed by atoms with E-state index in [9.17, 15) is 10.1 Å². The van der Waals surface area contributed by atoms with Crippen molar-refractivity contribution in [2.24, 2.45) is 0 Å². The number of nitro groups is 1. The van der Waals surface area contributed by atoms with Crippen LogP contribution in [-0.2, 0) is 24.2 Å². The third-order valence-corrected chi connectivity index (χ3v) is 5.40. The van der Waals surface area contributed by atoms with Gasteiger partial charge in [0.1, 0.15) is 23.3 Å². The highest BCUT2D eigenvalue weighted by molar-refractivity contribution is 5.58. The van der Waals surface area contributed by atoms with E-state index in [0.29, 0.717) is 12.6 Å². The molecule has 0 aromatic carbocycles. The van der Waals surface area contributed by atoms with Gasteiger partial charge in [0, 0.05) is 43.2 Å². The summed E-state index contributed by atoms with van der Waals surface area (Å²) in [5, 5.41) is 10.9. The molecule has 5 heterocycles. The first kappa shape index (κ1) is 17.2. The van der Waals surface area contributed by atoms with Gasteiger partial charge in [0.15, 0.2) is 0 Å². The van der Waals surface area contributed by atoms with Crippen molar-refractivity contribution >= 4 is 11.6 Å². The summed E-state index contributed by atoms with van der Waals surface area (Å²) in [7, 11) is 0. The third-order valence-electron chi connectivity index (χ3n) is 5.40. The summed E-state index contributed by atoms with van der Waals surface area (Å²) in [6.45, 7) is 5.74. The smallest absolute Gasteiger partial charge is 0.415 e. The average molecular weight is 383 g/mol. The lowest BCUT2D eigenvalue weighted by Gasteiger charge is -2.34. The molecule has 3 aliphatic rings. The highest BCUT2D eigenvalue weighted by Crippen LogP contribution is 2.32. The van der Waals surface area contributed by atoms with Crippen molar-refractivity contribution in [2.45, 2.75) is 38.5 Å². The third kappa shape index (κ3) is 3.01. The molecule has 0 amide bonds. The van der Waals surface area contributed by atoms with Crippen LogP contribution >= 0.6 is 0 Å². The van der Waals surface area contributed by atoms with Gasteiger partial charge in [-0.2, -0.15) is 0 Å². The van der Waals surface area contributed by atoms with E-state index in [1.807, 2.05) is 13.0 Å². The van der Waals surface area contributed by atoms with Crippen LogP contribution in [0.1, 0.15) is 30.3 Å². The first-order valence-electron chi connectivity index (χ1n) is 9.44. The Morgan fingerprint density at radius 1 is 1.36 bits per heavy atom. The number of rotatable bonds is 4. The maximum absolute atomic E-state index is 10.9. The van der Waals surface area contributed by atoms with Gasteiger partial charge in [-0.15, -0.1) is 0 Å². The van der Waals surface area contributed by atoms with E-state index < -0.39 is 10.5 Å². The quantitative estimate of drug-likeness (QED) is 0.590. The van der Waals surface area contributed by atoms with E-state index in [0.717, 1.165) is 56.2 Å². The van der Waals surface area contributed by atoms with Crippen LogP contribution in [0.25, 0.3) is 5.76 Å². The Kier molecular flexibility index (Phi) is 3.87. The fourth-order valence-corrected chi connectivity index (χ4v) is 4.18. The summed E-state index contributed by atoms with van der Waals surface area (Å²) in [5.74, 6) is 0.716. The predicted molar refractivity (Wildman–Crippen MR) is 99.7 cm³/mol. The molecule has 0 saturated carbocycles. The molecule has 0 aliphatic carbocycles. The fourth-order valence-electron chi connectivity index (χ4n) is 4.18. The number of fused-ring (bicyclic) bond motifs is 2. The summed E-state index contributed by atoms with van der Waals surface area (Å²) in [6, 6.07) is 4.49. The Morgan fingerprint density at radius 2 is 2.25 bits per heavy atom. The van der Waals surface area contributed by atoms with Gasteiger partial charge in [-0.1, -0.05) is 6.07 Å². The molecule has 0 bridgehead atoms. The molecule has 9 nitrogen and oxygen atoms in total. The fraction of sp³-hybridized carbons (Fsp3) is 0.474. The van der Waals surface area contributed by atoms with Crippen LogP contribution in [0.5, 0.6) is 6.01 Å². The van der Waals surface area contributed by atoms with Gasteiger partial charge >= 0.3 is 11.8 Å². The summed E-state index contributed by atoms with van der Waals surface area (Å²) in [5.41, 5.74) is 2.82. The summed E-state index contributed by atoms with van der Waals surface area (Å²) < 4.78 is 13.3. The number of nitrogens with zero attached hydrogens (tertiary/aromatic N) is 5. The molecule has 5 rings (SSSR count). The Morgan fingerprint density at radius 3 is 3.00 bits per heavy atom. The molecule has 0 N–H and O–H groups in total. The molecule has 0 radical (unpaired) electrons. The van der Waals surface area contributed by atoms with Crippen LogP contribution in [-0.4, -0.2) is 49.7 Å². The molecule has 28 heavy (non-hydrogen) atoms. The van der Waals surface area contributed by atoms with Crippen molar-refractivity contribution in [1.82, 2.24) is 19.4 Å². The molecular formula is C19H21N5O4. The van der Waals surface area contributed by atoms with Crippen LogP contribution in [0.2, 0.25) is 0 Å². The topological polar surface area (TPSA) is 95.6 Å². The molecule has 0 fully saturated rings. The van der Waals surface area contributed by atoms with Crippen molar-refractivity contribution < 1.29 is 14.4 Å². The largest absolute Gasteiger partial charge is 0.491 e. The lowest BCUT2D eigenvalue weighted by molar-refractivity contribution is -0.389. The SMILES string of the molecule is C[C@]1(CN2CCc3nc(C4=CCCO4)ccc3C2)Cn2cc([N+](=O)[O-])nc2O1. The summed E-state index contributed by atoms with van der Waals surface area (Å²) in [6.07, 6.45) is 5.36. The Balaban J connectivity index is 1.26. The summed E-state index contributed by atoms with van der Waals surface area (Å²) >= 11 is 0. The molecule has 2 aromatic rings. The normalized spacial score (nSPS) is 23.5. The van der Waals surface area contributed by atoms with Gasteiger partial charge in [-0.3, -0.25) is 9.47 Å². The first-order chi connectivity index (χ1) is 13.5. The molecule has 1 atom stereocenters. The van der Waals surface area contributed by atoms with Crippen molar-refractivity contribution in [3.63, 3.8) is 0 Å². The van der Waals surface area contributed by atoms with E-state index in [1.54, 1.807) is 4.57 Å². The minimum absolute atomic E-state index is 0.174. The number of ether oxygens (including phenoxy) is 2. The van der Waals surface area contributed by atoms with Gasteiger partial charge in [0.05, 0.1) is 13.2 Å². The van der Waals surface area contributed by atoms with Crippen LogP contribution in [0.4, 0.5) is 5.82 Å². The molecule has 0 unspecified atom stereocenters. The molecule has 9 heteroatoms. The molecule has 146 valence electrons. The second-order valence-electron chi connectivity index (χ2n) is 7.79. The summed E-state index contributed by atoms with van der Waals surface area (Å²) in [4.78, 5) is 21.5. The average Bonchev–Trinajstić information content (AvgIpc) is 3.36. The van der Waals surface area contributed by atoms with Crippen LogP contribution in [0, 0.1) is 10.1 Å². The van der Waals surface area contributed by atoms with Gasteiger partial charge in [-0.05, 0) is 29.6 Å². The molecule has 2 aromatic heterocycles. The van der Waals surface area contributed by atoms with Crippen LogP contribution in [0.15, 0.2) is 24.4 Å². The number of aromatic nitrogens is 3. The van der Waals surface area contributed by atoms with Crippen molar-refractivity contribution in [3.05, 3.63) is 51.5 Å². The number of hydrogen-bond acceptors (Lipinski definition) is 7. The Bertz CT molecular complexity index is 959. The number of pyridine rings is 1. The maximum Gasteiger partial charge on any atom is 0.415 e. The van der Waals surface area contributed by atoms with Crippen molar-refractivity contribution in [2.75, 3.05) is 19.7 Å². The van der Waals surface area contributed by atoms with Gasteiger partial charge in [0.2, 0.25) is 0 Å². The minimum Gasteiger partial charge on any atom is -0.491 e. The van der Waals surface area contributed by atoms with E-state index in [4.69, 9.17) is 14.5 Å². The zero-order valence-corrected chi connectivity index (χ0v) is 15.6. The molecule has 0 spiro atoms. The van der Waals surface area contributed by atoms with Gasteiger partial charge in [0.25, 0.3) is 0 Å².